The third kappa shape index (κ3) is 4.98. The fourth-order valence-corrected chi connectivity index (χ4v) is 4.95. The molecule has 0 radical (unpaired) electrons. The highest BCUT2D eigenvalue weighted by Gasteiger charge is 2.43. The van der Waals surface area contributed by atoms with E-state index in [-0.39, 0.29) is 11.5 Å². The van der Waals surface area contributed by atoms with Crippen LogP contribution in [0.5, 0.6) is 0 Å². The Morgan fingerprint density at radius 2 is 1.90 bits per heavy atom. The molecule has 0 N–H and O–H groups in total. The summed E-state index contributed by atoms with van der Waals surface area (Å²) in [4.78, 5) is 11.1. The van der Waals surface area contributed by atoms with Crippen molar-refractivity contribution < 1.29 is 17.5 Å². The fraction of sp³-hybridized carbons (Fsp3) is 0.545. The van der Waals surface area contributed by atoms with Gasteiger partial charge in [0.15, 0.2) is 9.84 Å². The average Bonchev–Trinajstić information content (AvgIpc) is 3.49. The summed E-state index contributed by atoms with van der Waals surface area (Å²) in [6.07, 6.45) is 8.24. The number of benzene rings is 1. The van der Waals surface area contributed by atoms with Crippen molar-refractivity contribution in [2.45, 2.75) is 37.7 Å². The van der Waals surface area contributed by atoms with Crippen LogP contribution in [0.4, 0.5) is 10.3 Å². The molecule has 0 amide bonds. The molecule has 6 nitrogen and oxygen atoms in total. The number of nitrogens with zero attached hydrogens (tertiary/aromatic N) is 3. The molecule has 30 heavy (non-hydrogen) atoms. The van der Waals surface area contributed by atoms with E-state index >= 15 is 0 Å². The Kier molecular flexibility index (Phi) is 6.06. The third-order valence-corrected chi connectivity index (χ3v) is 7.32. The Labute approximate surface area is 177 Å². The zero-order valence-corrected chi connectivity index (χ0v) is 18.2. The van der Waals surface area contributed by atoms with Gasteiger partial charge in [-0.15, -0.1) is 0 Å². The van der Waals surface area contributed by atoms with Crippen molar-refractivity contribution in [2.24, 2.45) is 17.8 Å². The van der Waals surface area contributed by atoms with Crippen LogP contribution < -0.4 is 4.90 Å². The van der Waals surface area contributed by atoms with Crippen LogP contribution in [0, 0.1) is 30.5 Å². The van der Waals surface area contributed by atoms with Crippen LogP contribution in [-0.2, 0) is 21.2 Å². The predicted octanol–water partition coefficient (Wildman–Crippen LogP) is 3.40. The van der Waals surface area contributed by atoms with E-state index in [9.17, 15) is 12.8 Å². The van der Waals surface area contributed by atoms with Crippen molar-refractivity contribution in [1.82, 2.24) is 9.97 Å². The van der Waals surface area contributed by atoms with E-state index in [2.05, 4.69) is 14.9 Å². The molecule has 1 saturated heterocycles. The second-order valence-electron chi connectivity index (χ2n) is 8.59. The molecule has 2 atom stereocenters. The second kappa shape index (κ2) is 8.59. The van der Waals surface area contributed by atoms with Gasteiger partial charge in [-0.1, -0.05) is 6.07 Å². The second-order valence-corrected chi connectivity index (χ2v) is 10.6. The summed E-state index contributed by atoms with van der Waals surface area (Å²) >= 11 is 0. The molecular formula is C22H28FN3O3S. The van der Waals surface area contributed by atoms with Crippen LogP contribution in [0.1, 0.15) is 30.4 Å². The maximum Gasteiger partial charge on any atom is 0.225 e. The van der Waals surface area contributed by atoms with Gasteiger partial charge in [0.25, 0.3) is 0 Å². The van der Waals surface area contributed by atoms with Gasteiger partial charge in [-0.3, -0.25) is 0 Å². The first-order valence-electron chi connectivity index (χ1n) is 10.4. The quantitative estimate of drug-likeness (QED) is 0.666. The summed E-state index contributed by atoms with van der Waals surface area (Å²) in [5.41, 5.74) is 1.46. The van der Waals surface area contributed by atoms with Crippen molar-refractivity contribution in [3.05, 3.63) is 47.5 Å². The number of anilines is 1. The lowest BCUT2D eigenvalue weighted by Crippen LogP contribution is -2.35. The maximum atomic E-state index is 14.1. The molecule has 0 spiro atoms. The topological polar surface area (TPSA) is 72.4 Å². The Bertz CT molecular complexity index is 989. The number of halogens is 1. The van der Waals surface area contributed by atoms with Crippen LogP contribution in [0.2, 0.25) is 0 Å². The van der Waals surface area contributed by atoms with Gasteiger partial charge in [-0.05, 0) is 61.6 Å². The fourth-order valence-electron chi connectivity index (χ4n) is 4.31. The number of aryl methyl sites for hydroxylation is 1. The molecule has 162 valence electrons. The smallest absolute Gasteiger partial charge is 0.225 e. The molecule has 8 heteroatoms. The van der Waals surface area contributed by atoms with Gasteiger partial charge in [-0.25, -0.2) is 22.8 Å². The molecule has 2 heterocycles. The number of ether oxygens (including phenoxy) is 1. The third-order valence-electron chi connectivity index (χ3n) is 6.21. The average molecular weight is 434 g/mol. The first-order chi connectivity index (χ1) is 14.3. The van der Waals surface area contributed by atoms with Crippen LogP contribution in [0.3, 0.4) is 0 Å². The SMILES string of the molecule is Cc1cnc(N2CCC([C@H]3C[C@H]3COCc3ccc(S(C)(=O)=O)cc3F)CC2)nc1. The van der Waals surface area contributed by atoms with E-state index in [1.54, 1.807) is 0 Å². The summed E-state index contributed by atoms with van der Waals surface area (Å²) in [6, 6.07) is 4.00. The van der Waals surface area contributed by atoms with Gasteiger partial charge >= 0.3 is 0 Å². The lowest BCUT2D eigenvalue weighted by molar-refractivity contribution is 0.102. The van der Waals surface area contributed by atoms with Crippen molar-refractivity contribution in [1.29, 1.82) is 0 Å². The van der Waals surface area contributed by atoms with Crippen LogP contribution in [-0.4, -0.2) is 44.3 Å². The minimum absolute atomic E-state index is 0.00612. The van der Waals surface area contributed by atoms with Gasteiger partial charge < -0.3 is 9.64 Å². The molecule has 4 rings (SSSR count). The van der Waals surface area contributed by atoms with E-state index < -0.39 is 15.7 Å². The number of piperidine rings is 1. The first kappa shape index (κ1) is 21.2. The normalized spacial score (nSPS) is 22.3. The molecular weight excluding hydrogens is 405 g/mol. The predicted molar refractivity (Wildman–Crippen MR) is 112 cm³/mol. The van der Waals surface area contributed by atoms with Crippen LogP contribution in [0.25, 0.3) is 0 Å². The van der Waals surface area contributed by atoms with Crippen molar-refractivity contribution in [2.75, 3.05) is 30.9 Å². The summed E-state index contributed by atoms with van der Waals surface area (Å²) in [7, 11) is -3.40. The Morgan fingerprint density at radius 1 is 1.20 bits per heavy atom. The van der Waals surface area contributed by atoms with Gasteiger partial charge in [0.2, 0.25) is 5.95 Å². The van der Waals surface area contributed by atoms with Crippen molar-refractivity contribution in [3.63, 3.8) is 0 Å². The van der Waals surface area contributed by atoms with E-state index in [0.717, 1.165) is 49.8 Å². The number of hydrogen-bond donors (Lipinski definition) is 0. The largest absolute Gasteiger partial charge is 0.376 e. The molecule has 0 bridgehead atoms. The Morgan fingerprint density at radius 3 is 2.53 bits per heavy atom. The molecule has 1 aliphatic heterocycles. The lowest BCUT2D eigenvalue weighted by atomic mass is 9.91. The Balaban J connectivity index is 1.20. The monoisotopic (exact) mass is 433 g/mol. The molecule has 2 aliphatic rings. The standard InChI is InChI=1S/C22H28FN3O3S/c1-15-11-24-22(25-12-15)26-7-5-16(6-8-26)20-9-18(20)14-29-13-17-3-4-19(10-21(17)23)30(2,27)28/h3-4,10-12,16,18,20H,5-9,13-14H2,1-2H3/t18-,20+/m0/s1. The van der Waals surface area contributed by atoms with Gasteiger partial charge in [0.1, 0.15) is 5.82 Å². The van der Waals surface area contributed by atoms with Gasteiger partial charge in [0, 0.05) is 37.3 Å². The molecule has 1 saturated carbocycles. The highest BCUT2D eigenvalue weighted by atomic mass is 32.2. The van der Waals surface area contributed by atoms with Crippen LogP contribution in [0.15, 0.2) is 35.5 Å². The highest BCUT2D eigenvalue weighted by molar-refractivity contribution is 7.90. The molecule has 2 fully saturated rings. The highest BCUT2D eigenvalue weighted by Crippen LogP contribution is 2.48. The van der Waals surface area contributed by atoms with E-state index in [1.807, 2.05) is 19.3 Å². The summed E-state index contributed by atoms with van der Waals surface area (Å²) < 4.78 is 42.9. The molecule has 1 aromatic heterocycles. The van der Waals surface area contributed by atoms with Crippen LogP contribution >= 0.6 is 0 Å². The minimum Gasteiger partial charge on any atom is -0.376 e. The van der Waals surface area contributed by atoms with Crippen molar-refractivity contribution >= 4 is 15.8 Å². The van der Waals surface area contributed by atoms with E-state index in [0.29, 0.717) is 29.9 Å². The molecule has 0 unspecified atom stereocenters. The number of aromatic nitrogens is 2. The summed E-state index contributed by atoms with van der Waals surface area (Å²) in [5, 5.41) is 0. The number of sulfone groups is 1. The van der Waals surface area contributed by atoms with E-state index in [4.69, 9.17) is 4.74 Å². The Hall–Kier alpha value is -2.06. The van der Waals surface area contributed by atoms with Gasteiger partial charge in [-0.2, -0.15) is 0 Å². The van der Waals surface area contributed by atoms with Gasteiger partial charge in [0.05, 0.1) is 18.1 Å². The summed E-state index contributed by atoms with van der Waals surface area (Å²) in [6.45, 7) is 4.75. The maximum absolute atomic E-state index is 14.1. The summed E-state index contributed by atoms with van der Waals surface area (Å²) in [5.74, 6) is 2.21. The minimum atomic E-state index is -3.40. The number of hydrogen-bond acceptors (Lipinski definition) is 6. The molecule has 2 aromatic rings. The number of rotatable bonds is 7. The van der Waals surface area contributed by atoms with Crippen molar-refractivity contribution in [3.8, 4) is 0 Å². The zero-order chi connectivity index (χ0) is 21.3. The first-order valence-corrected chi connectivity index (χ1v) is 12.3. The molecule has 1 aromatic carbocycles. The van der Waals surface area contributed by atoms with E-state index in [1.165, 1.54) is 18.6 Å². The molecule has 1 aliphatic carbocycles. The zero-order valence-electron chi connectivity index (χ0n) is 17.4. The lowest BCUT2D eigenvalue weighted by Gasteiger charge is -2.32.